The summed E-state index contributed by atoms with van der Waals surface area (Å²) in [5.74, 6) is -0.374. The number of piperidine rings is 1. The van der Waals surface area contributed by atoms with Gasteiger partial charge < -0.3 is 15.3 Å². The molecule has 2 atom stereocenters. The van der Waals surface area contributed by atoms with Crippen molar-refractivity contribution < 1.29 is 9.90 Å². The molecule has 0 spiro atoms. The van der Waals surface area contributed by atoms with E-state index in [2.05, 4.69) is 17.1 Å². The van der Waals surface area contributed by atoms with E-state index in [1.54, 1.807) is 0 Å². The highest BCUT2D eigenvalue weighted by Gasteiger charge is 2.26. The summed E-state index contributed by atoms with van der Waals surface area (Å²) < 4.78 is 0. The van der Waals surface area contributed by atoms with E-state index < -0.39 is 5.97 Å². The third-order valence-electron chi connectivity index (χ3n) is 2.93. The van der Waals surface area contributed by atoms with Gasteiger partial charge in [0.15, 0.2) is 0 Å². The highest BCUT2D eigenvalue weighted by Crippen LogP contribution is 2.19. The van der Waals surface area contributed by atoms with Crippen LogP contribution in [0.4, 0.5) is 0 Å². The normalized spacial score (nSPS) is 29.0. The number of hydrogen-bond acceptors (Lipinski definition) is 3. The van der Waals surface area contributed by atoms with Crippen molar-refractivity contribution in [3.8, 4) is 0 Å². The number of hydrogen-bond donors (Lipinski definition) is 2. The molecule has 2 N–H and O–H groups in total. The van der Waals surface area contributed by atoms with Gasteiger partial charge in [-0.05, 0) is 25.9 Å². The fourth-order valence-corrected chi connectivity index (χ4v) is 2.16. The van der Waals surface area contributed by atoms with E-state index >= 15 is 0 Å². The molecule has 0 aromatic heterocycles. The second-order valence-electron chi connectivity index (χ2n) is 4.04. The van der Waals surface area contributed by atoms with Crippen LogP contribution in [0.2, 0.25) is 0 Å². The van der Waals surface area contributed by atoms with Gasteiger partial charge in [-0.1, -0.05) is 6.92 Å². The van der Waals surface area contributed by atoms with Crippen LogP contribution in [-0.4, -0.2) is 48.7 Å². The monoisotopic (exact) mass is 200 g/mol. The second-order valence-corrected chi connectivity index (χ2v) is 4.04. The number of aliphatic carboxylic acids is 1. The lowest BCUT2D eigenvalue weighted by Crippen LogP contribution is -2.48. The van der Waals surface area contributed by atoms with Gasteiger partial charge in [-0.2, -0.15) is 0 Å². The molecule has 1 fully saturated rings. The van der Waals surface area contributed by atoms with Gasteiger partial charge >= 0.3 is 5.97 Å². The third kappa shape index (κ3) is 3.27. The molecule has 1 saturated heterocycles. The number of carboxylic acid groups (broad SMARTS) is 1. The van der Waals surface area contributed by atoms with Gasteiger partial charge in [0.1, 0.15) is 0 Å². The Kier molecular flexibility index (Phi) is 4.35. The molecule has 0 aliphatic carbocycles. The zero-order chi connectivity index (χ0) is 10.6. The molecular weight excluding hydrogens is 180 g/mol. The first-order valence-corrected chi connectivity index (χ1v) is 5.27. The van der Waals surface area contributed by atoms with Crippen LogP contribution in [-0.2, 0) is 4.79 Å². The molecule has 0 aromatic rings. The first-order chi connectivity index (χ1) is 6.65. The zero-order valence-electron chi connectivity index (χ0n) is 8.99. The quantitative estimate of drug-likeness (QED) is 0.689. The van der Waals surface area contributed by atoms with Gasteiger partial charge in [0.05, 0.1) is 0 Å². The molecule has 1 heterocycles. The van der Waals surface area contributed by atoms with Crippen LogP contribution < -0.4 is 5.32 Å². The molecule has 0 aromatic carbocycles. The first kappa shape index (κ1) is 11.5. The average molecular weight is 200 g/mol. The Balaban J connectivity index is 2.46. The summed E-state index contributed by atoms with van der Waals surface area (Å²) in [6.45, 7) is 5.11. The Morgan fingerprint density at radius 1 is 1.57 bits per heavy atom. The number of rotatable bonds is 4. The van der Waals surface area contributed by atoms with E-state index in [9.17, 15) is 4.79 Å². The standard InChI is InChI=1S/C10H20N2O2/c1-3-12-6-8(5-10(13)14)4-9(7-12)11-2/h8-9,11H,3-7H2,1-2H3,(H,13,14). The molecular formula is C10H20N2O2. The molecule has 0 amide bonds. The van der Waals surface area contributed by atoms with Crippen molar-refractivity contribution in [3.05, 3.63) is 0 Å². The maximum Gasteiger partial charge on any atom is 0.303 e. The fourth-order valence-electron chi connectivity index (χ4n) is 2.16. The Morgan fingerprint density at radius 3 is 2.79 bits per heavy atom. The Morgan fingerprint density at radius 2 is 2.29 bits per heavy atom. The zero-order valence-corrected chi connectivity index (χ0v) is 8.99. The fraction of sp³-hybridized carbons (Fsp3) is 0.900. The van der Waals surface area contributed by atoms with Gasteiger partial charge in [0, 0.05) is 25.6 Å². The summed E-state index contributed by atoms with van der Waals surface area (Å²) in [5, 5.41) is 12.0. The minimum absolute atomic E-state index is 0.300. The third-order valence-corrected chi connectivity index (χ3v) is 2.93. The predicted octanol–water partition coefficient (Wildman–Crippen LogP) is 0.391. The van der Waals surface area contributed by atoms with Crippen molar-refractivity contribution in [2.24, 2.45) is 5.92 Å². The summed E-state index contributed by atoms with van der Waals surface area (Å²) in [6.07, 6.45) is 1.29. The number of carboxylic acids is 1. The van der Waals surface area contributed by atoms with Crippen LogP contribution in [0.25, 0.3) is 0 Å². The van der Waals surface area contributed by atoms with E-state index in [0.29, 0.717) is 18.4 Å². The lowest BCUT2D eigenvalue weighted by atomic mass is 9.91. The lowest BCUT2D eigenvalue weighted by Gasteiger charge is -2.36. The summed E-state index contributed by atoms with van der Waals surface area (Å²) in [5.41, 5.74) is 0. The topological polar surface area (TPSA) is 52.6 Å². The second kappa shape index (κ2) is 5.32. The summed E-state index contributed by atoms with van der Waals surface area (Å²) in [4.78, 5) is 12.9. The van der Waals surface area contributed by atoms with Gasteiger partial charge in [0.25, 0.3) is 0 Å². The molecule has 82 valence electrons. The van der Waals surface area contributed by atoms with E-state index in [0.717, 1.165) is 26.1 Å². The molecule has 4 heteroatoms. The van der Waals surface area contributed by atoms with E-state index in [1.807, 2.05) is 7.05 Å². The Labute approximate surface area is 85.3 Å². The van der Waals surface area contributed by atoms with E-state index in [1.165, 1.54) is 0 Å². The van der Waals surface area contributed by atoms with Crippen molar-refractivity contribution in [1.82, 2.24) is 10.2 Å². The van der Waals surface area contributed by atoms with Crippen LogP contribution in [0.3, 0.4) is 0 Å². The molecule has 1 aliphatic rings. The van der Waals surface area contributed by atoms with Crippen LogP contribution in [0.5, 0.6) is 0 Å². The molecule has 1 rings (SSSR count). The van der Waals surface area contributed by atoms with Crippen molar-refractivity contribution in [1.29, 1.82) is 0 Å². The van der Waals surface area contributed by atoms with Crippen LogP contribution >= 0.6 is 0 Å². The van der Waals surface area contributed by atoms with Crippen LogP contribution in [0.1, 0.15) is 19.8 Å². The predicted molar refractivity (Wildman–Crippen MR) is 55.3 cm³/mol. The summed E-state index contributed by atoms with van der Waals surface area (Å²) in [6, 6.07) is 0.452. The average Bonchev–Trinajstić information content (AvgIpc) is 2.16. The van der Waals surface area contributed by atoms with E-state index in [-0.39, 0.29) is 0 Å². The van der Waals surface area contributed by atoms with Gasteiger partial charge in [-0.15, -0.1) is 0 Å². The minimum Gasteiger partial charge on any atom is -0.481 e. The summed E-state index contributed by atoms with van der Waals surface area (Å²) in [7, 11) is 1.95. The van der Waals surface area contributed by atoms with Crippen molar-refractivity contribution in [3.63, 3.8) is 0 Å². The minimum atomic E-state index is -0.678. The molecule has 0 bridgehead atoms. The molecule has 4 nitrogen and oxygen atoms in total. The number of nitrogens with zero attached hydrogens (tertiary/aromatic N) is 1. The smallest absolute Gasteiger partial charge is 0.303 e. The molecule has 14 heavy (non-hydrogen) atoms. The summed E-state index contributed by atoms with van der Waals surface area (Å²) >= 11 is 0. The number of likely N-dealkylation sites (N-methyl/N-ethyl adjacent to an activating group) is 2. The highest BCUT2D eigenvalue weighted by atomic mass is 16.4. The Hall–Kier alpha value is -0.610. The van der Waals surface area contributed by atoms with E-state index in [4.69, 9.17) is 5.11 Å². The van der Waals surface area contributed by atoms with Crippen LogP contribution in [0, 0.1) is 5.92 Å². The molecule has 0 saturated carbocycles. The first-order valence-electron chi connectivity index (χ1n) is 5.27. The van der Waals surface area contributed by atoms with Gasteiger partial charge in [-0.3, -0.25) is 4.79 Å². The number of carbonyl (C=O) groups is 1. The van der Waals surface area contributed by atoms with Gasteiger partial charge in [-0.25, -0.2) is 0 Å². The van der Waals surface area contributed by atoms with Crippen molar-refractivity contribution in [2.45, 2.75) is 25.8 Å². The van der Waals surface area contributed by atoms with Gasteiger partial charge in [0.2, 0.25) is 0 Å². The number of nitrogens with one attached hydrogen (secondary N) is 1. The molecule has 1 aliphatic heterocycles. The maximum absolute atomic E-state index is 10.6. The SMILES string of the molecule is CCN1CC(CC(=O)O)CC(NC)C1. The lowest BCUT2D eigenvalue weighted by molar-refractivity contribution is -0.138. The van der Waals surface area contributed by atoms with Crippen molar-refractivity contribution >= 4 is 5.97 Å². The van der Waals surface area contributed by atoms with Crippen LogP contribution in [0.15, 0.2) is 0 Å². The maximum atomic E-state index is 10.6. The molecule has 2 unspecified atom stereocenters. The molecule has 0 radical (unpaired) electrons. The van der Waals surface area contributed by atoms with Crippen molar-refractivity contribution in [2.75, 3.05) is 26.7 Å². The highest BCUT2D eigenvalue weighted by molar-refractivity contribution is 5.67. The number of likely N-dealkylation sites (tertiary alicyclic amines) is 1. The largest absolute Gasteiger partial charge is 0.481 e. The Bertz CT molecular complexity index is 185.